The van der Waals surface area contributed by atoms with E-state index < -0.39 is 0 Å². The van der Waals surface area contributed by atoms with E-state index in [1.165, 1.54) is 0 Å². The summed E-state index contributed by atoms with van der Waals surface area (Å²) in [5, 5.41) is 3.91. The molecule has 3 aromatic rings. The van der Waals surface area contributed by atoms with E-state index in [-0.39, 0.29) is 0 Å². The molecule has 0 aliphatic heterocycles. The van der Waals surface area contributed by atoms with Crippen LogP contribution in [0.1, 0.15) is 17.4 Å². The van der Waals surface area contributed by atoms with Gasteiger partial charge in [-0.2, -0.15) is 4.98 Å². The summed E-state index contributed by atoms with van der Waals surface area (Å²) in [7, 11) is 1.58. The van der Waals surface area contributed by atoms with E-state index in [0.29, 0.717) is 24.9 Å². The Hall–Kier alpha value is -2.48. The molecule has 0 radical (unpaired) electrons. The zero-order chi connectivity index (χ0) is 13.9. The molecule has 3 aromatic heterocycles. The molecule has 0 bridgehead atoms. The van der Waals surface area contributed by atoms with Gasteiger partial charge in [-0.1, -0.05) is 5.16 Å². The maximum Gasteiger partial charge on any atom is 0.252 e. The molecule has 3 rings (SSSR count). The molecule has 0 spiro atoms. The van der Waals surface area contributed by atoms with Crippen LogP contribution < -0.4 is 0 Å². The SMILES string of the molecule is COCc1nc(Cn2ccnc2-c2nc[nH]c2C)no1. The molecule has 0 aliphatic carbocycles. The molecule has 0 unspecified atom stereocenters. The molecule has 20 heavy (non-hydrogen) atoms. The van der Waals surface area contributed by atoms with Crippen LogP contribution in [0.3, 0.4) is 0 Å². The molecule has 1 N–H and O–H groups in total. The summed E-state index contributed by atoms with van der Waals surface area (Å²) in [4.78, 5) is 15.9. The fourth-order valence-corrected chi connectivity index (χ4v) is 1.93. The highest BCUT2D eigenvalue weighted by Gasteiger charge is 2.13. The molecular weight excluding hydrogens is 260 g/mol. The van der Waals surface area contributed by atoms with Crippen molar-refractivity contribution in [2.45, 2.75) is 20.1 Å². The Morgan fingerprint density at radius 2 is 2.30 bits per heavy atom. The highest BCUT2D eigenvalue weighted by molar-refractivity contribution is 5.52. The molecule has 0 atom stereocenters. The minimum atomic E-state index is 0.308. The second-order valence-corrected chi connectivity index (χ2v) is 4.29. The van der Waals surface area contributed by atoms with E-state index in [2.05, 4.69) is 25.1 Å². The van der Waals surface area contributed by atoms with Crippen LogP contribution in [-0.4, -0.2) is 36.8 Å². The van der Waals surface area contributed by atoms with Crippen LogP contribution in [0.15, 0.2) is 23.2 Å². The smallest absolute Gasteiger partial charge is 0.252 e. The van der Waals surface area contributed by atoms with Crippen molar-refractivity contribution >= 4 is 0 Å². The van der Waals surface area contributed by atoms with Gasteiger partial charge in [0.25, 0.3) is 5.89 Å². The first-order valence-corrected chi connectivity index (χ1v) is 6.10. The Labute approximate surface area is 114 Å². The summed E-state index contributed by atoms with van der Waals surface area (Å²) in [5.74, 6) is 1.80. The van der Waals surface area contributed by atoms with Gasteiger partial charge in [0.15, 0.2) is 11.6 Å². The number of hydrogen-bond acceptors (Lipinski definition) is 6. The van der Waals surface area contributed by atoms with Crippen molar-refractivity contribution < 1.29 is 9.26 Å². The number of rotatable bonds is 5. The number of H-pyrrole nitrogens is 1. The molecule has 0 saturated heterocycles. The summed E-state index contributed by atoms with van der Waals surface area (Å²) in [5.41, 5.74) is 1.78. The Bertz CT molecular complexity index is 698. The van der Waals surface area contributed by atoms with Crippen molar-refractivity contribution in [3.63, 3.8) is 0 Å². The topological polar surface area (TPSA) is 94.7 Å². The minimum Gasteiger partial charge on any atom is -0.375 e. The lowest BCUT2D eigenvalue weighted by molar-refractivity contribution is 0.151. The van der Waals surface area contributed by atoms with Crippen molar-refractivity contribution in [3.05, 3.63) is 36.1 Å². The van der Waals surface area contributed by atoms with Crippen molar-refractivity contribution in [1.29, 1.82) is 0 Å². The molecule has 0 aromatic carbocycles. The number of aromatic nitrogens is 6. The van der Waals surface area contributed by atoms with E-state index in [9.17, 15) is 0 Å². The first kappa shape index (κ1) is 12.5. The number of nitrogens with one attached hydrogen (secondary N) is 1. The lowest BCUT2D eigenvalue weighted by Gasteiger charge is -2.03. The minimum absolute atomic E-state index is 0.308. The molecule has 0 amide bonds. The van der Waals surface area contributed by atoms with Crippen molar-refractivity contribution in [2.75, 3.05) is 7.11 Å². The number of imidazole rings is 2. The number of nitrogens with zero attached hydrogens (tertiary/aromatic N) is 5. The highest BCUT2D eigenvalue weighted by Crippen LogP contribution is 2.18. The summed E-state index contributed by atoms with van der Waals surface area (Å²) >= 11 is 0. The van der Waals surface area contributed by atoms with Crippen LogP contribution in [0, 0.1) is 6.92 Å². The molecule has 0 saturated carbocycles. The molecular formula is C12H14N6O2. The second-order valence-electron chi connectivity index (χ2n) is 4.29. The van der Waals surface area contributed by atoms with Crippen LogP contribution in [0.2, 0.25) is 0 Å². The Kier molecular flexibility index (Phi) is 3.30. The Morgan fingerprint density at radius 1 is 1.40 bits per heavy atom. The molecule has 104 valence electrons. The maximum absolute atomic E-state index is 5.07. The predicted octanol–water partition coefficient (Wildman–Crippen LogP) is 1.16. The van der Waals surface area contributed by atoms with E-state index >= 15 is 0 Å². The fourth-order valence-electron chi connectivity index (χ4n) is 1.93. The average molecular weight is 274 g/mol. The summed E-state index contributed by atoms with van der Waals surface area (Å²) in [6, 6.07) is 0. The number of aryl methyl sites for hydroxylation is 1. The number of aromatic amines is 1. The van der Waals surface area contributed by atoms with Crippen molar-refractivity contribution in [3.8, 4) is 11.5 Å². The lowest BCUT2D eigenvalue weighted by atomic mass is 10.3. The normalized spacial score (nSPS) is 11.1. The summed E-state index contributed by atoms with van der Waals surface area (Å²) in [6.45, 7) is 2.73. The van der Waals surface area contributed by atoms with E-state index in [4.69, 9.17) is 9.26 Å². The molecule has 3 heterocycles. The fraction of sp³-hybridized carbons (Fsp3) is 0.333. The summed E-state index contributed by atoms with van der Waals surface area (Å²) in [6.07, 6.45) is 5.23. The molecule has 0 fully saturated rings. The zero-order valence-corrected chi connectivity index (χ0v) is 11.2. The summed E-state index contributed by atoms with van der Waals surface area (Å²) < 4.78 is 11.9. The van der Waals surface area contributed by atoms with Gasteiger partial charge < -0.3 is 18.8 Å². The first-order valence-electron chi connectivity index (χ1n) is 6.10. The third kappa shape index (κ3) is 2.32. The van der Waals surface area contributed by atoms with E-state index in [1.54, 1.807) is 19.6 Å². The number of ether oxygens (including phenoxy) is 1. The average Bonchev–Trinajstić information content (AvgIpc) is 3.13. The van der Waals surface area contributed by atoms with Gasteiger partial charge in [0, 0.05) is 25.2 Å². The van der Waals surface area contributed by atoms with Gasteiger partial charge in [0.05, 0.1) is 12.9 Å². The third-order valence-electron chi connectivity index (χ3n) is 2.85. The van der Waals surface area contributed by atoms with Crippen LogP contribution >= 0.6 is 0 Å². The van der Waals surface area contributed by atoms with Gasteiger partial charge in [-0.05, 0) is 6.92 Å². The monoisotopic (exact) mass is 274 g/mol. The van der Waals surface area contributed by atoms with Crippen LogP contribution in [0.4, 0.5) is 0 Å². The molecule has 8 nitrogen and oxygen atoms in total. The van der Waals surface area contributed by atoms with Gasteiger partial charge in [-0.15, -0.1) is 0 Å². The largest absolute Gasteiger partial charge is 0.375 e. The standard InChI is InChI=1S/C12H14N6O2/c1-8-11(15-7-14-8)12-13-3-4-18(12)5-9-16-10(6-19-2)20-17-9/h3-4,7H,5-6H2,1-2H3,(H,14,15). The molecule has 8 heteroatoms. The molecule has 0 aliphatic rings. The Balaban J connectivity index is 1.85. The van der Waals surface area contributed by atoms with Crippen LogP contribution in [0.5, 0.6) is 0 Å². The number of methoxy groups -OCH3 is 1. The van der Waals surface area contributed by atoms with E-state index in [0.717, 1.165) is 17.2 Å². The Morgan fingerprint density at radius 3 is 3.05 bits per heavy atom. The zero-order valence-electron chi connectivity index (χ0n) is 11.2. The number of hydrogen-bond donors (Lipinski definition) is 1. The van der Waals surface area contributed by atoms with Crippen molar-refractivity contribution in [1.82, 2.24) is 29.7 Å². The predicted molar refractivity (Wildman–Crippen MR) is 68.7 cm³/mol. The lowest BCUT2D eigenvalue weighted by Crippen LogP contribution is -2.03. The quantitative estimate of drug-likeness (QED) is 0.750. The van der Waals surface area contributed by atoms with Crippen LogP contribution in [-0.2, 0) is 17.9 Å². The van der Waals surface area contributed by atoms with Gasteiger partial charge >= 0.3 is 0 Å². The van der Waals surface area contributed by atoms with Crippen LogP contribution in [0.25, 0.3) is 11.5 Å². The third-order valence-corrected chi connectivity index (χ3v) is 2.85. The highest BCUT2D eigenvalue weighted by atomic mass is 16.5. The van der Waals surface area contributed by atoms with Gasteiger partial charge in [0.1, 0.15) is 12.3 Å². The van der Waals surface area contributed by atoms with Gasteiger partial charge in [0.2, 0.25) is 0 Å². The van der Waals surface area contributed by atoms with Gasteiger partial charge in [-0.3, -0.25) is 0 Å². The van der Waals surface area contributed by atoms with E-state index in [1.807, 2.05) is 17.7 Å². The van der Waals surface area contributed by atoms with Crippen molar-refractivity contribution in [2.24, 2.45) is 0 Å². The first-order chi connectivity index (χ1) is 9.78. The maximum atomic E-state index is 5.07. The second kappa shape index (κ2) is 5.25. The van der Waals surface area contributed by atoms with Gasteiger partial charge in [-0.25, -0.2) is 9.97 Å².